The van der Waals surface area contributed by atoms with Crippen LogP contribution in [0.1, 0.15) is 13.8 Å². The largest absolute Gasteiger partial charge is 0.475 e. The van der Waals surface area contributed by atoms with Crippen molar-refractivity contribution in [3.63, 3.8) is 0 Å². The Morgan fingerprint density at radius 2 is 1.92 bits per heavy atom. The fourth-order valence-corrected chi connectivity index (χ4v) is 1.73. The summed E-state index contributed by atoms with van der Waals surface area (Å²) in [4.78, 5) is 44.8. The van der Waals surface area contributed by atoms with E-state index in [4.69, 9.17) is 4.74 Å². The molecule has 1 aromatic carbocycles. The summed E-state index contributed by atoms with van der Waals surface area (Å²) in [6, 6.07) is 4.78. The monoisotopic (exact) mass is 353 g/mol. The second-order valence-corrected chi connectivity index (χ2v) is 4.86. The van der Waals surface area contributed by atoms with Crippen LogP contribution in [0.3, 0.4) is 0 Å². The van der Waals surface area contributed by atoms with E-state index in [1.165, 1.54) is 31.2 Å². The zero-order chi connectivity index (χ0) is 18.8. The SMILES string of the molecule is CCNC(=O)[C@@H](C)NC(=O)COC(=O)COc1ccccc1[N+](=O)[O-]. The van der Waals surface area contributed by atoms with Crippen molar-refractivity contribution in [2.45, 2.75) is 19.9 Å². The third-order valence-corrected chi connectivity index (χ3v) is 2.89. The number of amides is 2. The highest BCUT2D eigenvalue weighted by molar-refractivity contribution is 5.88. The van der Waals surface area contributed by atoms with Gasteiger partial charge in [0, 0.05) is 12.6 Å². The average Bonchev–Trinajstić information content (AvgIpc) is 2.58. The van der Waals surface area contributed by atoms with Gasteiger partial charge >= 0.3 is 11.7 Å². The van der Waals surface area contributed by atoms with Gasteiger partial charge in [-0.25, -0.2) is 4.79 Å². The van der Waals surface area contributed by atoms with Gasteiger partial charge in [0.1, 0.15) is 6.04 Å². The second kappa shape index (κ2) is 9.85. The molecule has 0 saturated heterocycles. The molecule has 2 amide bonds. The Bertz CT molecular complexity index is 648. The Kier molecular flexibility index (Phi) is 7.83. The lowest BCUT2D eigenvalue weighted by molar-refractivity contribution is -0.385. The average molecular weight is 353 g/mol. The van der Waals surface area contributed by atoms with Crippen LogP contribution >= 0.6 is 0 Å². The Morgan fingerprint density at radius 3 is 2.56 bits per heavy atom. The topological polar surface area (TPSA) is 137 Å². The zero-order valence-electron chi connectivity index (χ0n) is 13.8. The van der Waals surface area contributed by atoms with Crippen molar-refractivity contribution in [2.75, 3.05) is 19.8 Å². The molecule has 0 fully saturated rings. The number of hydrogen-bond donors (Lipinski definition) is 2. The van der Waals surface area contributed by atoms with Gasteiger partial charge in [-0.2, -0.15) is 0 Å². The number of nitrogens with one attached hydrogen (secondary N) is 2. The summed E-state index contributed by atoms with van der Waals surface area (Å²) in [7, 11) is 0. The first kappa shape index (κ1) is 19.9. The summed E-state index contributed by atoms with van der Waals surface area (Å²) in [5, 5.41) is 15.7. The van der Waals surface area contributed by atoms with Gasteiger partial charge in [-0.1, -0.05) is 12.1 Å². The van der Waals surface area contributed by atoms with E-state index in [0.717, 1.165) is 0 Å². The number of likely N-dealkylation sites (N-methyl/N-ethyl adjacent to an activating group) is 1. The second-order valence-electron chi connectivity index (χ2n) is 4.86. The Morgan fingerprint density at radius 1 is 1.24 bits per heavy atom. The lowest BCUT2D eigenvalue weighted by atomic mass is 10.3. The molecule has 1 aromatic rings. The number of benzene rings is 1. The molecule has 1 rings (SSSR count). The van der Waals surface area contributed by atoms with E-state index in [1.54, 1.807) is 6.92 Å². The van der Waals surface area contributed by atoms with Crippen LogP contribution in [0.2, 0.25) is 0 Å². The molecular weight excluding hydrogens is 334 g/mol. The lowest BCUT2D eigenvalue weighted by Crippen LogP contribution is -2.46. The molecule has 0 aromatic heterocycles. The van der Waals surface area contributed by atoms with Crippen molar-refractivity contribution in [1.29, 1.82) is 0 Å². The number of ether oxygens (including phenoxy) is 2. The van der Waals surface area contributed by atoms with E-state index in [0.29, 0.717) is 6.54 Å². The summed E-state index contributed by atoms with van der Waals surface area (Å²) >= 11 is 0. The molecular formula is C15H19N3O7. The molecule has 2 N–H and O–H groups in total. The van der Waals surface area contributed by atoms with Gasteiger partial charge in [-0.3, -0.25) is 19.7 Å². The quantitative estimate of drug-likeness (QED) is 0.366. The van der Waals surface area contributed by atoms with Crippen LogP contribution in [-0.4, -0.2) is 48.5 Å². The predicted octanol–water partition coefficient (Wildman–Crippen LogP) is 0.158. The molecule has 1 atom stereocenters. The summed E-state index contributed by atoms with van der Waals surface area (Å²) in [6.07, 6.45) is 0. The lowest BCUT2D eigenvalue weighted by Gasteiger charge is -2.13. The maximum atomic E-state index is 11.6. The molecule has 0 aliphatic rings. The van der Waals surface area contributed by atoms with Crippen molar-refractivity contribution in [3.05, 3.63) is 34.4 Å². The van der Waals surface area contributed by atoms with Crippen LogP contribution in [0.5, 0.6) is 5.75 Å². The fraction of sp³-hybridized carbons (Fsp3) is 0.400. The highest BCUT2D eigenvalue weighted by Gasteiger charge is 2.17. The number of esters is 1. The normalized spacial score (nSPS) is 11.1. The summed E-state index contributed by atoms with van der Waals surface area (Å²) in [5.74, 6) is -1.97. The minimum Gasteiger partial charge on any atom is -0.475 e. The van der Waals surface area contributed by atoms with Crippen LogP contribution in [0.15, 0.2) is 24.3 Å². The van der Waals surface area contributed by atoms with Crippen molar-refractivity contribution in [3.8, 4) is 5.75 Å². The number of hydrogen-bond acceptors (Lipinski definition) is 7. The Hall–Kier alpha value is -3.17. The van der Waals surface area contributed by atoms with Crippen molar-refractivity contribution in [1.82, 2.24) is 10.6 Å². The van der Waals surface area contributed by atoms with Gasteiger partial charge in [0.2, 0.25) is 5.91 Å². The molecule has 0 aliphatic heterocycles. The zero-order valence-corrected chi connectivity index (χ0v) is 13.8. The molecule has 0 aliphatic carbocycles. The molecule has 25 heavy (non-hydrogen) atoms. The Labute approximate surface area is 143 Å². The first-order valence-electron chi connectivity index (χ1n) is 7.44. The first-order valence-corrected chi connectivity index (χ1v) is 7.44. The molecule has 136 valence electrons. The molecule has 0 spiro atoms. The molecule has 10 heteroatoms. The van der Waals surface area contributed by atoms with Crippen LogP contribution in [-0.2, 0) is 19.1 Å². The van der Waals surface area contributed by atoms with E-state index in [2.05, 4.69) is 15.4 Å². The van der Waals surface area contributed by atoms with Gasteiger partial charge in [-0.05, 0) is 19.9 Å². The van der Waals surface area contributed by atoms with E-state index < -0.39 is 36.1 Å². The third kappa shape index (κ3) is 6.85. The minimum absolute atomic E-state index is 0.0845. The van der Waals surface area contributed by atoms with Crippen molar-refractivity contribution in [2.24, 2.45) is 0 Å². The molecule has 0 saturated carbocycles. The number of nitrogens with zero attached hydrogens (tertiary/aromatic N) is 1. The van der Waals surface area contributed by atoms with Crippen molar-refractivity contribution < 1.29 is 28.8 Å². The van der Waals surface area contributed by atoms with Crippen LogP contribution < -0.4 is 15.4 Å². The van der Waals surface area contributed by atoms with E-state index in [9.17, 15) is 24.5 Å². The van der Waals surface area contributed by atoms with Gasteiger partial charge < -0.3 is 20.1 Å². The molecule has 0 radical (unpaired) electrons. The highest BCUT2D eigenvalue weighted by atomic mass is 16.6. The Balaban J connectivity index is 2.39. The fourth-order valence-electron chi connectivity index (χ4n) is 1.73. The minimum atomic E-state index is -0.876. The van der Waals surface area contributed by atoms with Crippen LogP contribution in [0.4, 0.5) is 5.69 Å². The van der Waals surface area contributed by atoms with Crippen LogP contribution in [0, 0.1) is 10.1 Å². The van der Waals surface area contributed by atoms with Crippen LogP contribution in [0.25, 0.3) is 0 Å². The number of nitro benzene ring substituents is 1. The van der Waals surface area contributed by atoms with Gasteiger partial charge in [0.15, 0.2) is 19.0 Å². The van der Waals surface area contributed by atoms with Gasteiger partial charge in [-0.15, -0.1) is 0 Å². The molecule has 0 bridgehead atoms. The van der Waals surface area contributed by atoms with E-state index in [-0.39, 0.29) is 17.3 Å². The van der Waals surface area contributed by atoms with E-state index in [1.807, 2.05) is 0 Å². The number of carbonyl (C=O) groups excluding carboxylic acids is 3. The van der Waals surface area contributed by atoms with E-state index >= 15 is 0 Å². The number of carbonyl (C=O) groups is 3. The molecule has 0 heterocycles. The highest BCUT2D eigenvalue weighted by Crippen LogP contribution is 2.25. The standard InChI is InChI=1S/C15H19N3O7/c1-3-16-15(21)10(2)17-13(19)8-25-14(20)9-24-12-7-5-4-6-11(12)18(22)23/h4-7,10H,3,8-9H2,1-2H3,(H,16,21)(H,17,19)/t10-/m1/s1. The first-order chi connectivity index (χ1) is 11.8. The number of rotatable bonds is 9. The van der Waals surface area contributed by atoms with Crippen molar-refractivity contribution >= 4 is 23.5 Å². The molecule has 10 nitrogen and oxygen atoms in total. The maximum absolute atomic E-state index is 11.6. The smallest absolute Gasteiger partial charge is 0.344 e. The molecule has 0 unspecified atom stereocenters. The predicted molar refractivity (Wildman–Crippen MR) is 85.8 cm³/mol. The number of nitro groups is 1. The summed E-state index contributed by atoms with van der Waals surface area (Å²) < 4.78 is 9.72. The summed E-state index contributed by atoms with van der Waals surface area (Å²) in [6.45, 7) is 2.47. The van der Waals surface area contributed by atoms with Gasteiger partial charge in [0.05, 0.1) is 4.92 Å². The maximum Gasteiger partial charge on any atom is 0.344 e. The third-order valence-electron chi connectivity index (χ3n) is 2.89. The van der Waals surface area contributed by atoms with Gasteiger partial charge in [0.25, 0.3) is 5.91 Å². The summed E-state index contributed by atoms with van der Waals surface area (Å²) in [5.41, 5.74) is -0.288. The number of para-hydroxylation sites is 2.